The van der Waals surface area contributed by atoms with E-state index in [0.717, 1.165) is 77.3 Å². The maximum absolute atomic E-state index is 6.70. The van der Waals surface area contributed by atoms with Crippen LogP contribution in [-0.4, -0.2) is 19.5 Å². The molecule has 0 aliphatic heterocycles. The van der Waals surface area contributed by atoms with E-state index in [1.54, 1.807) is 0 Å². The van der Waals surface area contributed by atoms with E-state index < -0.39 is 0 Å². The number of benzene rings is 10. The molecule has 0 amide bonds. The Kier molecular flexibility index (Phi) is 8.15. The van der Waals surface area contributed by atoms with Crippen LogP contribution in [0.25, 0.3) is 127 Å². The first-order valence-electron chi connectivity index (χ1n) is 21.6. The molecule has 13 aromatic rings. The first-order valence-corrected chi connectivity index (χ1v) is 21.6. The first-order chi connectivity index (χ1) is 31.7. The zero-order chi connectivity index (χ0) is 42.1. The Labute approximate surface area is 368 Å². The van der Waals surface area contributed by atoms with Crippen LogP contribution in [0.3, 0.4) is 0 Å². The lowest BCUT2D eigenvalue weighted by atomic mass is 9.94. The van der Waals surface area contributed by atoms with Gasteiger partial charge in [0.25, 0.3) is 0 Å². The number of rotatable bonds is 6. The van der Waals surface area contributed by atoms with Crippen LogP contribution in [0.2, 0.25) is 0 Å². The smallest absolute Gasteiger partial charge is 0.164 e. The molecule has 3 aromatic heterocycles. The summed E-state index contributed by atoms with van der Waals surface area (Å²) in [5.41, 5.74) is 12.2. The van der Waals surface area contributed by atoms with E-state index in [9.17, 15) is 0 Å². The van der Waals surface area contributed by atoms with Crippen LogP contribution in [-0.2, 0) is 0 Å². The molecule has 5 nitrogen and oxygen atoms in total. The summed E-state index contributed by atoms with van der Waals surface area (Å²) < 4.78 is 9.03. The SMILES string of the molecule is c1ccc(-c2cc(-c3cccc(-c4nc(-c5ccc(-n6c7ccccc7c7ccccc76)cc5)nc(-c5ccc6ccccc6c5)n4)c3)cc3c2oc2cc4ccccc4cc23)cc1. The zero-order valence-corrected chi connectivity index (χ0v) is 34.5. The van der Waals surface area contributed by atoms with Gasteiger partial charge in [0.05, 0.1) is 11.0 Å². The quantitative estimate of drug-likeness (QED) is 0.168. The average Bonchev–Trinajstić information content (AvgIpc) is 3.90. The number of hydrogen-bond donors (Lipinski definition) is 0. The minimum absolute atomic E-state index is 0.603. The minimum atomic E-state index is 0.603. The highest BCUT2D eigenvalue weighted by molar-refractivity contribution is 6.15. The van der Waals surface area contributed by atoms with Crippen molar-refractivity contribution in [3.8, 4) is 62.1 Å². The topological polar surface area (TPSA) is 56.7 Å². The normalized spacial score (nSPS) is 11.8. The molecule has 0 aliphatic rings. The van der Waals surface area contributed by atoms with Gasteiger partial charge in [-0.2, -0.15) is 0 Å². The predicted molar refractivity (Wildman–Crippen MR) is 264 cm³/mol. The van der Waals surface area contributed by atoms with E-state index in [1.165, 1.54) is 32.6 Å². The van der Waals surface area contributed by atoms with Crippen molar-refractivity contribution in [2.75, 3.05) is 0 Å². The molecule has 0 atom stereocenters. The summed E-state index contributed by atoms with van der Waals surface area (Å²) in [7, 11) is 0. The van der Waals surface area contributed by atoms with E-state index in [2.05, 4.69) is 223 Å². The molecule has 0 spiro atoms. The second-order valence-electron chi connectivity index (χ2n) is 16.4. The lowest BCUT2D eigenvalue weighted by Gasteiger charge is -2.12. The maximum Gasteiger partial charge on any atom is 0.164 e. The van der Waals surface area contributed by atoms with E-state index in [0.29, 0.717) is 17.5 Å². The maximum atomic E-state index is 6.70. The average molecular weight is 817 g/mol. The predicted octanol–water partition coefficient (Wildman–Crippen LogP) is 15.5. The van der Waals surface area contributed by atoms with Crippen molar-refractivity contribution in [3.05, 3.63) is 218 Å². The van der Waals surface area contributed by atoms with Gasteiger partial charge in [0.2, 0.25) is 0 Å². The van der Waals surface area contributed by atoms with Crippen LogP contribution in [0.4, 0.5) is 0 Å². The van der Waals surface area contributed by atoms with Gasteiger partial charge in [-0.15, -0.1) is 0 Å². The molecule has 13 rings (SSSR count). The largest absolute Gasteiger partial charge is 0.455 e. The molecular weight excluding hydrogens is 781 g/mol. The summed E-state index contributed by atoms with van der Waals surface area (Å²) in [5, 5.41) is 9.26. The minimum Gasteiger partial charge on any atom is -0.455 e. The Balaban J connectivity index is 0.965. The molecule has 0 bridgehead atoms. The van der Waals surface area contributed by atoms with Crippen LogP contribution in [0.15, 0.2) is 223 Å². The van der Waals surface area contributed by atoms with Gasteiger partial charge in [0, 0.05) is 49.5 Å². The van der Waals surface area contributed by atoms with Crippen molar-refractivity contribution in [2.45, 2.75) is 0 Å². The molecule has 3 heterocycles. The number of para-hydroxylation sites is 2. The van der Waals surface area contributed by atoms with Crippen LogP contribution in [0, 0.1) is 0 Å². The van der Waals surface area contributed by atoms with Crippen LogP contribution in [0.5, 0.6) is 0 Å². The monoisotopic (exact) mass is 816 g/mol. The van der Waals surface area contributed by atoms with Crippen LogP contribution >= 0.6 is 0 Å². The van der Waals surface area contributed by atoms with Crippen LogP contribution < -0.4 is 0 Å². The van der Waals surface area contributed by atoms with Crippen LogP contribution in [0.1, 0.15) is 0 Å². The third-order valence-electron chi connectivity index (χ3n) is 12.6. The highest BCUT2D eigenvalue weighted by Gasteiger charge is 2.19. The van der Waals surface area contributed by atoms with Gasteiger partial charge >= 0.3 is 0 Å². The van der Waals surface area contributed by atoms with Crippen molar-refractivity contribution in [1.29, 1.82) is 0 Å². The summed E-state index contributed by atoms with van der Waals surface area (Å²) in [6.07, 6.45) is 0. The summed E-state index contributed by atoms with van der Waals surface area (Å²) in [5.74, 6) is 1.83. The fraction of sp³-hybridized carbons (Fsp3) is 0. The zero-order valence-electron chi connectivity index (χ0n) is 34.5. The molecule has 0 N–H and O–H groups in total. The van der Waals surface area contributed by atoms with Gasteiger partial charge in [-0.3, -0.25) is 0 Å². The molecule has 298 valence electrons. The second-order valence-corrected chi connectivity index (χ2v) is 16.4. The third-order valence-corrected chi connectivity index (χ3v) is 12.6. The summed E-state index contributed by atoms with van der Waals surface area (Å²) in [6.45, 7) is 0. The molecule has 0 unspecified atom stereocenters. The lowest BCUT2D eigenvalue weighted by Crippen LogP contribution is -2.01. The molecule has 0 fully saturated rings. The van der Waals surface area contributed by atoms with E-state index in [-0.39, 0.29) is 0 Å². The van der Waals surface area contributed by atoms with Gasteiger partial charge in [-0.25, -0.2) is 15.0 Å². The summed E-state index contributed by atoms with van der Waals surface area (Å²) >= 11 is 0. The highest BCUT2D eigenvalue weighted by Crippen LogP contribution is 2.42. The third kappa shape index (κ3) is 5.98. The Morgan fingerprint density at radius 2 is 0.859 bits per heavy atom. The number of aromatic nitrogens is 4. The number of nitrogens with zero attached hydrogens (tertiary/aromatic N) is 4. The van der Waals surface area contributed by atoms with Crippen molar-refractivity contribution < 1.29 is 4.42 Å². The summed E-state index contributed by atoms with van der Waals surface area (Å²) in [6, 6.07) is 77.0. The standard InChI is InChI=1S/C59H36N4O/c1-2-14-38(15-3-1)50-34-46(35-52-51-33-42-17-6-7-18-43(42)36-55(51)64-56(50)52)41-19-12-20-44(32-41)58-60-57(61-59(62-58)45-26-25-37-13-4-5-16-40(37)31-45)39-27-29-47(30-28-39)63-53-23-10-8-21-48(53)49-22-9-11-24-54(49)63/h1-36H. The number of fused-ring (bicyclic) bond motifs is 8. The Bertz CT molecular complexity index is 3900. The molecule has 0 radical (unpaired) electrons. The molecule has 0 aliphatic carbocycles. The molecular formula is C59H36N4O. The van der Waals surface area contributed by atoms with E-state index in [4.69, 9.17) is 19.4 Å². The van der Waals surface area contributed by atoms with E-state index in [1.807, 2.05) is 0 Å². The lowest BCUT2D eigenvalue weighted by molar-refractivity contribution is 0.670. The second kappa shape index (κ2) is 14.5. The van der Waals surface area contributed by atoms with Gasteiger partial charge in [0.1, 0.15) is 11.2 Å². The molecule has 5 heteroatoms. The molecule has 64 heavy (non-hydrogen) atoms. The van der Waals surface area contributed by atoms with Gasteiger partial charge in [-0.05, 0) is 111 Å². The fourth-order valence-electron chi connectivity index (χ4n) is 9.45. The Morgan fingerprint density at radius 3 is 1.58 bits per heavy atom. The van der Waals surface area contributed by atoms with Gasteiger partial charge in [-0.1, -0.05) is 146 Å². The Morgan fingerprint density at radius 1 is 0.312 bits per heavy atom. The molecule has 10 aromatic carbocycles. The highest BCUT2D eigenvalue weighted by atomic mass is 16.3. The van der Waals surface area contributed by atoms with E-state index >= 15 is 0 Å². The van der Waals surface area contributed by atoms with Gasteiger partial charge < -0.3 is 8.98 Å². The summed E-state index contributed by atoms with van der Waals surface area (Å²) in [4.78, 5) is 15.6. The van der Waals surface area contributed by atoms with Crippen molar-refractivity contribution in [3.63, 3.8) is 0 Å². The van der Waals surface area contributed by atoms with Gasteiger partial charge in [0.15, 0.2) is 17.5 Å². The van der Waals surface area contributed by atoms with Crippen molar-refractivity contribution in [2.24, 2.45) is 0 Å². The number of hydrogen-bond acceptors (Lipinski definition) is 4. The van der Waals surface area contributed by atoms with Crippen molar-refractivity contribution in [1.82, 2.24) is 19.5 Å². The number of furan rings is 1. The fourth-order valence-corrected chi connectivity index (χ4v) is 9.45. The van der Waals surface area contributed by atoms with Crippen molar-refractivity contribution >= 4 is 65.3 Å². The molecule has 0 saturated heterocycles. The molecule has 0 saturated carbocycles. The Hall–Kier alpha value is -8.67. The first kappa shape index (κ1) is 36.0.